The number of rotatable bonds is 2. The molecule has 0 aromatic heterocycles. The van der Waals surface area contributed by atoms with Gasteiger partial charge in [0.05, 0.1) is 11.6 Å². The minimum absolute atomic E-state index is 0.207. The number of anilines is 2. The second-order valence-corrected chi connectivity index (χ2v) is 4.55. The molecule has 4 N–H and O–H groups in total. The highest BCUT2D eigenvalue weighted by molar-refractivity contribution is 6.42. The van der Waals surface area contributed by atoms with Gasteiger partial charge in [-0.15, -0.1) is 0 Å². The zero-order valence-corrected chi connectivity index (χ0v) is 11.9. The first-order chi connectivity index (χ1) is 11.0. The van der Waals surface area contributed by atoms with Crippen LogP contribution in [0, 0.1) is 11.3 Å². The molecule has 0 radical (unpaired) electrons. The number of nitrogen functional groups attached to an aromatic ring is 1. The minimum atomic E-state index is -1.09. The van der Waals surface area contributed by atoms with E-state index in [0.29, 0.717) is 16.9 Å². The Balaban J connectivity index is 1.96. The van der Waals surface area contributed by atoms with Crippen LogP contribution in [0.15, 0.2) is 48.5 Å². The molecule has 2 aromatic rings. The van der Waals surface area contributed by atoms with E-state index in [0.717, 1.165) is 0 Å². The number of nitrogens with zero attached hydrogens (tertiary/aromatic N) is 1. The van der Waals surface area contributed by atoms with Crippen molar-refractivity contribution in [3.8, 4) is 6.07 Å². The predicted octanol–water partition coefficient (Wildman–Crippen LogP) is 1.04. The van der Waals surface area contributed by atoms with E-state index < -0.39 is 17.7 Å². The van der Waals surface area contributed by atoms with Gasteiger partial charge in [0.25, 0.3) is 5.91 Å². The lowest BCUT2D eigenvalue weighted by Gasteiger charge is -2.06. The summed E-state index contributed by atoms with van der Waals surface area (Å²) in [7, 11) is 0. The Hall–Kier alpha value is -3.66. The van der Waals surface area contributed by atoms with Crippen molar-refractivity contribution >= 4 is 29.1 Å². The topological polar surface area (TPSA) is 125 Å². The van der Waals surface area contributed by atoms with E-state index >= 15 is 0 Å². The van der Waals surface area contributed by atoms with Gasteiger partial charge in [0.15, 0.2) is 0 Å². The average Bonchev–Trinajstić information content (AvgIpc) is 2.56. The van der Waals surface area contributed by atoms with Crippen LogP contribution in [0.3, 0.4) is 0 Å². The molecule has 0 saturated carbocycles. The summed E-state index contributed by atoms with van der Waals surface area (Å²) in [5, 5.41) is 13.0. The van der Waals surface area contributed by atoms with Gasteiger partial charge < -0.3 is 11.1 Å². The van der Waals surface area contributed by atoms with E-state index in [-0.39, 0.29) is 5.56 Å². The first kappa shape index (κ1) is 15.7. The lowest BCUT2D eigenvalue weighted by Crippen LogP contribution is -2.39. The molecule has 0 aliphatic rings. The third kappa shape index (κ3) is 4.15. The van der Waals surface area contributed by atoms with Crippen molar-refractivity contribution in [3.63, 3.8) is 0 Å². The monoisotopic (exact) mass is 308 g/mol. The van der Waals surface area contributed by atoms with Crippen molar-refractivity contribution in [2.45, 2.75) is 0 Å². The normalized spacial score (nSPS) is 9.52. The second kappa shape index (κ2) is 6.87. The van der Waals surface area contributed by atoms with Gasteiger partial charge in [0.2, 0.25) is 0 Å². The third-order valence-corrected chi connectivity index (χ3v) is 2.88. The fourth-order valence-electron chi connectivity index (χ4n) is 1.68. The van der Waals surface area contributed by atoms with Crippen LogP contribution in [0.1, 0.15) is 15.9 Å². The summed E-state index contributed by atoms with van der Waals surface area (Å²) in [6, 6.07) is 13.8. The summed E-state index contributed by atoms with van der Waals surface area (Å²) in [5.74, 6) is -2.78. The third-order valence-electron chi connectivity index (χ3n) is 2.88. The summed E-state index contributed by atoms with van der Waals surface area (Å²) in [6.07, 6.45) is 0. The fraction of sp³-hybridized carbons (Fsp3) is 0. The van der Waals surface area contributed by atoms with Crippen LogP contribution in [-0.4, -0.2) is 17.7 Å². The Morgan fingerprint density at radius 2 is 1.52 bits per heavy atom. The Labute approximate surface area is 131 Å². The van der Waals surface area contributed by atoms with Gasteiger partial charge in [-0.25, -0.2) is 0 Å². The molecule has 23 heavy (non-hydrogen) atoms. The van der Waals surface area contributed by atoms with Crippen LogP contribution in [0.4, 0.5) is 11.4 Å². The van der Waals surface area contributed by atoms with E-state index in [9.17, 15) is 14.4 Å². The number of nitrogens with two attached hydrogens (primary N) is 1. The van der Waals surface area contributed by atoms with Crippen molar-refractivity contribution in [2.24, 2.45) is 0 Å². The number of nitrogens with one attached hydrogen (secondary N) is 2. The fourth-order valence-corrected chi connectivity index (χ4v) is 1.68. The van der Waals surface area contributed by atoms with Crippen LogP contribution in [-0.2, 0) is 9.59 Å². The predicted molar refractivity (Wildman–Crippen MR) is 83.1 cm³/mol. The molecule has 0 aliphatic carbocycles. The van der Waals surface area contributed by atoms with Gasteiger partial charge in [-0.2, -0.15) is 5.26 Å². The highest BCUT2D eigenvalue weighted by atomic mass is 16.2. The Kier molecular flexibility index (Phi) is 4.69. The molecular weight excluding hydrogens is 296 g/mol. The van der Waals surface area contributed by atoms with Gasteiger partial charge in [-0.1, -0.05) is 0 Å². The van der Waals surface area contributed by atoms with Gasteiger partial charge >= 0.3 is 11.8 Å². The number of carbonyl (C=O) groups excluding carboxylic acids is 3. The second-order valence-electron chi connectivity index (χ2n) is 4.55. The molecule has 114 valence electrons. The maximum absolute atomic E-state index is 11.8. The molecule has 2 rings (SSSR count). The van der Waals surface area contributed by atoms with Crippen LogP contribution in [0.5, 0.6) is 0 Å². The smallest absolute Gasteiger partial charge is 0.316 e. The van der Waals surface area contributed by atoms with E-state index in [4.69, 9.17) is 11.0 Å². The SMILES string of the molecule is N#Cc1ccc(NC(=O)C(=O)NC(=O)c2ccc(N)cc2)cc1. The number of carbonyl (C=O) groups is 3. The molecule has 0 saturated heterocycles. The van der Waals surface area contributed by atoms with Gasteiger partial charge in [-0.05, 0) is 48.5 Å². The van der Waals surface area contributed by atoms with Crippen LogP contribution >= 0.6 is 0 Å². The molecule has 0 spiro atoms. The van der Waals surface area contributed by atoms with Gasteiger partial charge in [0.1, 0.15) is 0 Å². The largest absolute Gasteiger partial charge is 0.399 e. The van der Waals surface area contributed by atoms with E-state index in [1.54, 1.807) is 0 Å². The Morgan fingerprint density at radius 1 is 0.913 bits per heavy atom. The number of hydrogen-bond donors (Lipinski definition) is 3. The number of imide groups is 1. The molecule has 7 heteroatoms. The molecule has 0 fully saturated rings. The van der Waals surface area contributed by atoms with Crippen molar-refractivity contribution in [3.05, 3.63) is 59.7 Å². The molecule has 2 aromatic carbocycles. The summed E-state index contributed by atoms with van der Waals surface area (Å²) in [4.78, 5) is 35.2. The molecule has 7 nitrogen and oxygen atoms in total. The zero-order valence-electron chi connectivity index (χ0n) is 11.9. The molecular formula is C16H12N4O3. The van der Waals surface area contributed by atoms with E-state index in [1.807, 2.05) is 11.4 Å². The number of nitriles is 1. The first-order valence-electron chi connectivity index (χ1n) is 6.52. The molecule has 0 unspecified atom stereocenters. The van der Waals surface area contributed by atoms with E-state index in [1.165, 1.54) is 48.5 Å². The van der Waals surface area contributed by atoms with Crippen molar-refractivity contribution in [2.75, 3.05) is 11.1 Å². The van der Waals surface area contributed by atoms with Crippen LogP contribution < -0.4 is 16.4 Å². The molecule has 0 bridgehead atoms. The zero-order chi connectivity index (χ0) is 16.8. The van der Waals surface area contributed by atoms with Crippen molar-refractivity contribution in [1.29, 1.82) is 5.26 Å². The van der Waals surface area contributed by atoms with Crippen molar-refractivity contribution < 1.29 is 14.4 Å². The number of amides is 3. The van der Waals surface area contributed by atoms with E-state index in [2.05, 4.69) is 5.32 Å². The first-order valence-corrected chi connectivity index (χ1v) is 6.52. The molecule has 3 amide bonds. The molecule has 0 aliphatic heterocycles. The summed E-state index contributed by atoms with van der Waals surface area (Å²) in [6.45, 7) is 0. The lowest BCUT2D eigenvalue weighted by atomic mass is 10.2. The maximum Gasteiger partial charge on any atom is 0.316 e. The van der Waals surface area contributed by atoms with Gasteiger partial charge in [0, 0.05) is 16.9 Å². The van der Waals surface area contributed by atoms with Gasteiger partial charge in [-0.3, -0.25) is 19.7 Å². The molecule has 0 atom stereocenters. The minimum Gasteiger partial charge on any atom is -0.399 e. The summed E-state index contributed by atoms with van der Waals surface area (Å²) >= 11 is 0. The molecule has 0 heterocycles. The highest BCUT2D eigenvalue weighted by Gasteiger charge is 2.17. The van der Waals surface area contributed by atoms with Crippen molar-refractivity contribution in [1.82, 2.24) is 5.32 Å². The average molecular weight is 308 g/mol. The van der Waals surface area contributed by atoms with Crippen LogP contribution in [0.25, 0.3) is 0 Å². The summed E-state index contributed by atoms with van der Waals surface area (Å²) < 4.78 is 0. The maximum atomic E-state index is 11.8. The standard InChI is InChI=1S/C16H12N4O3/c17-9-10-1-7-13(8-2-10)19-15(22)16(23)20-14(21)11-3-5-12(18)6-4-11/h1-8H,18H2,(H,19,22)(H,20,21,23). The Bertz CT molecular complexity index is 790. The summed E-state index contributed by atoms with van der Waals surface area (Å²) in [5.41, 5.74) is 6.94. The highest BCUT2D eigenvalue weighted by Crippen LogP contribution is 2.09. The van der Waals surface area contributed by atoms with Crippen LogP contribution in [0.2, 0.25) is 0 Å². The number of hydrogen-bond acceptors (Lipinski definition) is 5. The lowest BCUT2D eigenvalue weighted by molar-refractivity contribution is -0.135. The number of benzene rings is 2. The Morgan fingerprint density at radius 3 is 2.09 bits per heavy atom. The quantitative estimate of drug-likeness (QED) is 0.564.